The van der Waals surface area contributed by atoms with E-state index in [9.17, 15) is 61.0 Å². The second kappa shape index (κ2) is 43.2. The monoisotopic (exact) mass is 1120 g/mol. The van der Waals surface area contributed by atoms with Crippen LogP contribution in [0.2, 0.25) is 0 Å². The number of carbonyl (C=O) groups excluding carboxylic acids is 1. The Morgan fingerprint density at radius 2 is 0.795 bits per heavy atom. The molecule has 0 aromatic carbocycles. The van der Waals surface area contributed by atoms with Crippen molar-refractivity contribution in [3.05, 3.63) is 12.2 Å². The summed E-state index contributed by atoms with van der Waals surface area (Å²) in [5, 5.41) is 120. The zero-order valence-electron chi connectivity index (χ0n) is 47.9. The number of amides is 1. The fourth-order valence-electron chi connectivity index (χ4n) is 10.7. The maximum Gasteiger partial charge on any atom is 0.220 e. The number of allylic oxidation sites excluding steroid dienone is 1. The first-order valence-electron chi connectivity index (χ1n) is 30.9. The molecule has 1 amide bonds. The molecule has 3 aliphatic rings. The van der Waals surface area contributed by atoms with Crippen LogP contribution in [0.4, 0.5) is 0 Å². The first-order valence-corrected chi connectivity index (χ1v) is 30.9. The minimum atomic E-state index is -1.97. The molecule has 0 bridgehead atoms. The van der Waals surface area contributed by atoms with Crippen LogP contribution in [0.15, 0.2) is 12.2 Å². The molecule has 19 heteroatoms. The lowest BCUT2D eigenvalue weighted by atomic mass is 9.96. The first-order chi connectivity index (χ1) is 37.8. The van der Waals surface area contributed by atoms with Gasteiger partial charge in [-0.25, -0.2) is 0 Å². The van der Waals surface area contributed by atoms with Gasteiger partial charge in [-0.1, -0.05) is 212 Å². The number of nitrogens with one attached hydrogen (secondary N) is 1. The van der Waals surface area contributed by atoms with Crippen LogP contribution in [0.25, 0.3) is 0 Å². The number of hydrogen-bond acceptors (Lipinski definition) is 18. The number of aliphatic hydroxyl groups is 11. The van der Waals surface area contributed by atoms with E-state index in [4.69, 9.17) is 28.4 Å². The topological polar surface area (TPSA) is 307 Å². The summed E-state index contributed by atoms with van der Waals surface area (Å²) < 4.78 is 34.2. The summed E-state index contributed by atoms with van der Waals surface area (Å²) in [6.45, 7) is 1.73. The molecule has 0 saturated carbocycles. The summed E-state index contributed by atoms with van der Waals surface area (Å²) >= 11 is 0. The van der Waals surface area contributed by atoms with Crippen molar-refractivity contribution in [1.82, 2.24) is 5.32 Å². The van der Waals surface area contributed by atoms with Crippen molar-refractivity contribution in [1.29, 1.82) is 0 Å². The van der Waals surface area contributed by atoms with E-state index in [1.165, 1.54) is 154 Å². The third-order valence-corrected chi connectivity index (χ3v) is 15.8. The smallest absolute Gasteiger partial charge is 0.220 e. The fourth-order valence-corrected chi connectivity index (χ4v) is 10.7. The normalized spacial score (nSPS) is 30.5. The quantitative estimate of drug-likeness (QED) is 0.0254. The Kier molecular flexibility index (Phi) is 39.2. The van der Waals surface area contributed by atoms with Crippen LogP contribution in [0.3, 0.4) is 0 Å². The molecule has 0 aromatic heterocycles. The lowest BCUT2D eigenvalue weighted by Gasteiger charge is -2.48. The number of aliphatic hydroxyl groups excluding tert-OH is 11. The van der Waals surface area contributed by atoms with Gasteiger partial charge >= 0.3 is 0 Å². The molecule has 3 heterocycles. The van der Waals surface area contributed by atoms with Crippen LogP contribution in [0.5, 0.6) is 0 Å². The van der Waals surface area contributed by atoms with Gasteiger partial charge in [-0.15, -0.1) is 0 Å². The molecular formula is C59H111NO18. The second-order valence-corrected chi connectivity index (χ2v) is 22.5. The van der Waals surface area contributed by atoms with Gasteiger partial charge in [0.2, 0.25) is 5.91 Å². The number of rotatable bonds is 46. The van der Waals surface area contributed by atoms with Crippen molar-refractivity contribution >= 4 is 5.91 Å². The van der Waals surface area contributed by atoms with Crippen LogP contribution in [0, 0.1) is 0 Å². The highest BCUT2D eigenvalue weighted by atomic mass is 16.8. The molecule has 3 fully saturated rings. The van der Waals surface area contributed by atoms with Gasteiger partial charge in [0.15, 0.2) is 18.9 Å². The highest BCUT2D eigenvalue weighted by Crippen LogP contribution is 2.33. The first kappa shape index (κ1) is 70.8. The van der Waals surface area contributed by atoms with Gasteiger partial charge in [0.1, 0.15) is 73.2 Å². The number of carbonyl (C=O) groups is 1. The zero-order chi connectivity index (χ0) is 56.9. The van der Waals surface area contributed by atoms with Crippen LogP contribution in [-0.4, -0.2) is 193 Å². The molecule has 460 valence electrons. The summed E-state index contributed by atoms with van der Waals surface area (Å²) in [5.74, 6) is -0.272. The van der Waals surface area contributed by atoms with E-state index in [0.717, 1.165) is 44.9 Å². The molecule has 3 saturated heterocycles. The second-order valence-electron chi connectivity index (χ2n) is 22.5. The van der Waals surface area contributed by atoms with Gasteiger partial charge in [-0.3, -0.25) is 4.79 Å². The summed E-state index contributed by atoms with van der Waals surface area (Å²) in [5.41, 5.74) is 0. The Morgan fingerprint density at radius 1 is 0.449 bits per heavy atom. The highest BCUT2D eigenvalue weighted by Gasteiger charge is 2.53. The number of unbranched alkanes of at least 4 members (excludes halogenated alkanes) is 30. The Hall–Kier alpha value is -1.47. The number of hydrogen-bond donors (Lipinski definition) is 12. The van der Waals surface area contributed by atoms with Gasteiger partial charge < -0.3 is 89.9 Å². The van der Waals surface area contributed by atoms with Gasteiger partial charge in [0, 0.05) is 6.42 Å². The molecule has 0 spiro atoms. The average molecular weight is 1120 g/mol. The maximum atomic E-state index is 13.3. The summed E-state index contributed by atoms with van der Waals surface area (Å²) in [6, 6.07) is -0.966. The fraction of sp³-hybridized carbons (Fsp3) is 0.949. The van der Waals surface area contributed by atoms with E-state index < -0.39 is 124 Å². The molecule has 17 atom stereocenters. The molecule has 3 rings (SSSR count). The van der Waals surface area contributed by atoms with Crippen LogP contribution >= 0.6 is 0 Å². The minimum Gasteiger partial charge on any atom is -0.394 e. The Labute approximate surface area is 467 Å². The van der Waals surface area contributed by atoms with Crippen LogP contribution in [0.1, 0.15) is 226 Å². The molecular weight excluding hydrogens is 1010 g/mol. The lowest BCUT2D eigenvalue weighted by molar-refractivity contribution is -0.379. The van der Waals surface area contributed by atoms with Crippen LogP contribution in [-0.2, 0) is 33.2 Å². The van der Waals surface area contributed by atoms with Crippen molar-refractivity contribution in [3.8, 4) is 0 Å². The van der Waals surface area contributed by atoms with E-state index in [2.05, 4.69) is 19.2 Å². The van der Waals surface area contributed by atoms with Crippen molar-refractivity contribution in [3.63, 3.8) is 0 Å². The largest absolute Gasteiger partial charge is 0.394 e. The van der Waals surface area contributed by atoms with Crippen molar-refractivity contribution in [2.24, 2.45) is 0 Å². The van der Waals surface area contributed by atoms with Crippen molar-refractivity contribution < 1.29 is 89.4 Å². The minimum absolute atomic E-state index is 0.249. The van der Waals surface area contributed by atoms with Crippen molar-refractivity contribution in [2.45, 2.75) is 330 Å². The molecule has 17 unspecified atom stereocenters. The van der Waals surface area contributed by atoms with Gasteiger partial charge in [0.05, 0.1) is 38.6 Å². The summed E-state index contributed by atoms with van der Waals surface area (Å²) in [4.78, 5) is 13.3. The van der Waals surface area contributed by atoms with Crippen molar-refractivity contribution in [2.75, 3.05) is 26.4 Å². The highest BCUT2D eigenvalue weighted by molar-refractivity contribution is 5.76. The maximum absolute atomic E-state index is 13.3. The Bertz CT molecular complexity index is 1480. The zero-order valence-corrected chi connectivity index (χ0v) is 47.9. The molecule has 19 nitrogen and oxygen atoms in total. The lowest BCUT2D eigenvalue weighted by Crippen LogP contribution is -2.66. The molecule has 0 aliphatic carbocycles. The summed E-state index contributed by atoms with van der Waals surface area (Å²) in [6.07, 6.45) is 16.2. The summed E-state index contributed by atoms with van der Waals surface area (Å²) in [7, 11) is 0. The SMILES string of the molecule is CCCCCCCCCCCCC/C=C/C(O)C(COC1OC(CO)C(OC2OC(CO)C(OC3OC(CO)C(O)C(O)C3O)C(O)C2O)C(O)C1O)NC(=O)CCCCCCCCCCCCCCCCCCCCCC. The average Bonchev–Trinajstić information content (AvgIpc) is 3.45. The van der Waals surface area contributed by atoms with E-state index >= 15 is 0 Å². The predicted octanol–water partition coefficient (Wildman–Crippen LogP) is 5.77. The molecule has 78 heavy (non-hydrogen) atoms. The standard InChI is InChI=1S/C59H111NO18/c1-3-5-7-9-11-13-15-17-18-19-20-21-22-23-25-27-29-31-33-35-37-47(65)60-42(43(64)36-34-32-30-28-26-24-16-14-12-10-8-6-4-2)41-73-57-53(71)50(68)55(45(39-62)75-57)78-59-54(72)51(69)56(46(40-63)76-59)77-58-52(70)49(67)48(66)44(38-61)74-58/h34,36,42-46,48-59,61-64,66-72H,3-33,35,37-41H2,1-2H3,(H,60,65)/b36-34+. The van der Waals surface area contributed by atoms with Crippen LogP contribution < -0.4 is 5.32 Å². The molecule has 12 N–H and O–H groups in total. The molecule has 0 radical (unpaired) electrons. The van der Waals surface area contributed by atoms with E-state index in [0.29, 0.717) is 6.42 Å². The van der Waals surface area contributed by atoms with E-state index in [-0.39, 0.29) is 18.9 Å². The van der Waals surface area contributed by atoms with E-state index in [1.54, 1.807) is 6.08 Å². The van der Waals surface area contributed by atoms with E-state index in [1.807, 2.05) is 6.08 Å². The molecule has 3 aliphatic heterocycles. The third-order valence-electron chi connectivity index (χ3n) is 15.8. The Balaban J connectivity index is 1.48. The van der Waals surface area contributed by atoms with Gasteiger partial charge in [-0.2, -0.15) is 0 Å². The molecule has 0 aromatic rings. The van der Waals surface area contributed by atoms with Gasteiger partial charge in [-0.05, 0) is 19.3 Å². The Morgan fingerprint density at radius 3 is 1.21 bits per heavy atom. The number of ether oxygens (including phenoxy) is 6. The third kappa shape index (κ3) is 26.8. The van der Waals surface area contributed by atoms with Gasteiger partial charge in [0.25, 0.3) is 0 Å². The predicted molar refractivity (Wildman–Crippen MR) is 296 cm³/mol.